The van der Waals surface area contributed by atoms with Crippen LogP contribution in [0.25, 0.3) is 11.2 Å². The van der Waals surface area contributed by atoms with Crippen molar-refractivity contribution in [1.82, 2.24) is 19.5 Å². The maximum atomic E-state index is 9.91. The van der Waals surface area contributed by atoms with E-state index < -0.39 is 24.5 Å². The molecule has 18 heavy (non-hydrogen) atoms. The molecule has 4 atom stereocenters. The molecular weight excluding hydrogens is 240 g/mol. The smallest absolute Gasteiger partial charge is 0.165 e. The monoisotopic (exact) mass is 252 g/mol. The van der Waals surface area contributed by atoms with Gasteiger partial charge in [-0.15, -0.1) is 0 Å². The number of nitrogens with zero attached hydrogens (tertiary/aromatic N) is 4. The van der Waals surface area contributed by atoms with Crippen LogP contribution in [-0.4, -0.2) is 59.8 Å². The van der Waals surface area contributed by atoms with Gasteiger partial charge in [0.05, 0.1) is 19.1 Å². The molecule has 1 unspecified atom stereocenters. The van der Waals surface area contributed by atoms with Gasteiger partial charge in [-0.3, -0.25) is 4.57 Å². The van der Waals surface area contributed by atoms with Gasteiger partial charge in [0, 0.05) is 0 Å². The van der Waals surface area contributed by atoms with E-state index in [9.17, 15) is 10.2 Å². The van der Waals surface area contributed by atoms with Crippen LogP contribution in [0, 0.1) is 0 Å². The highest BCUT2D eigenvalue weighted by molar-refractivity contribution is 5.68. The summed E-state index contributed by atoms with van der Waals surface area (Å²) < 4.78 is 6.91. The first kappa shape index (κ1) is 11.5. The molecular formula is C10H12N4O4. The summed E-state index contributed by atoms with van der Waals surface area (Å²) in [5.74, 6) is 0. The summed E-state index contributed by atoms with van der Waals surface area (Å²) in [6, 6.07) is 0. The number of rotatable bonds is 2. The van der Waals surface area contributed by atoms with E-state index in [2.05, 4.69) is 15.0 Å². The highest BCUT2D eigenvalue weighted by atomic mass is 16.6. The van der Waals surface area contributed by atoms with Crippen molar-refractivity contribution >= 4 is 11.2 Å². The van der Waals surface area contributed by atoms with Gasteiger partial charge in [-0.1, -0.05) is 0 Å². The number of fused-ring (bicyclic) bond motifs is 1. The van der Waals surface area contributed by atoms with Crippen molar-refractivity contribution < 1.29 is 20.1 Å². The Balaban J connectivity index is 2.00. The molecule has 2 aromatic rings. The lowest BCUT2D eigenvalue weighted by Crippen LogP contribution is -2.33. The maximum Gasteiger partial charge on any atom is 0.165 e. The van der Waals surface area contributed by atoms with Gasteiger partial charge in [0.1, 0.15) is 30.2 Å². The Morgan fingerprint density at radius 3 is 2.83 bits per heavy atom. The molecule has 1 fully saturated rings. The van der Waals surface area contributed by atoms with Gasteiger partial charge >= 0.3 is 0 Å². The Morgan fingerprint density at radius 1 is 1.28 bits per heavy atom. The van der Waals surface area contributed by atoms with Gasteiger partial charge in [0.25, 0.3) is 0 Å². The van der Waals surface area contributed by atoms with Gasteiger partial charge in [0.2, 0.25) is 0 Å². The van der Waals surface area contributed by atoms with Gasteiger partial charge in [0.15, 0.2) is 11.9 Å². The van der Waals surface area contributed by atoms with Crippen LogP contribution in [0.2, 0.25) is 0 Å². The summed E-state index contributed by atoms with van der Waals surface area (Å²) in [6.45, 7) is -0.365. The third-order valence-corrected chi connectivity index (χ3v) is 3.03. The number of aliphatic hydroxyl groups excluding tert-OH is 3. The Bertz CT molecular complexity index is 560. The molecule has 1 aliphatic heterocycles. The molecule has 0 bridgehead atoms. The van der Waals surface area contributed by atoms with Crippen LogP contribution in [-0.2, 0) is 4.74 Å². The fourth-order valence-electron chi connectivity index (χ4n) is 2.08. The number of aromatic nitrogens is 4. The van der Waals surface area contributed by atoms with E-state index >= 15 is 0 Å². The third kappa shape index (κ3) is 1.58. The van der Waals surface area contributed by atoms with E-state index in [1.165, 1.54) is 17.2 Å². The molecule has 0 spiro atoms. The number of ether oxygens (including phenoxy) is 1. The van der Waals surface area contributed by atoms with Crippen molar-refractivity contribution in [3.05, 3.63) is 18.9 Å². The molecule has 0 aliphatic carbocycles. The zero-order chi connectivity index (χ0) is 12.7. The quantitative estimate of drug-likeness (QED) is 0.592. The van der Waals surface area contributed by atoms with E-state index in [0.29, 0.717) is 11.2 Å². The largest absolute Gasteiger partial charge is 0.394 e. The standard InChI is InChI=1S/C10H12N4O4/c15-2-6-7(16)8(17)10(18-6)14-4-13-5-1-11-3-12-9(5)14/h1,3-4,6-8,10,15-17H,2H2/t6-,7-,8?,10-/m0/s1. The molecule has 1 saturated heterocycles. The highest BCUT2D eigenvalue weighted by Crippen LogP contribution is 2.30. The second-order valence-electron chi connectivity index (χ2n) is 4.11. The minimum Gasteiger partial charge on any atom is -0.394 e. The Hall–Kier alpha value is -1.61. The molecule has 8 nitrogen and oxygen atoms in total. The summed E-state index contributed by atoms with van der Waals surface area (Å²) in [7, 11) is 0. The Labute approximate surface area is 102 Å². The molecule has 2 aromatic heterocycles. The van der Waals surface area contributed by atoms with Gasteiger partial charge in [-0.05, 0) is 0 Å². The average molecular weight is 252 g/mol. The van der Waals surface area contributed by atoms with Crippen LogP contribution in [0.4, 0.5) is 0 Å². The second kappa shape index (κ2) is 4.25. The lowest BCUT2D eigenvalue weighted by atomic mass is 10.1. The Kier molecular flexibility index (Phi) is 2.71. The zero-order valence-electron chi connectivity index (χ0n) is 9.29. The molecule has 3 N–H and O–H groups in total. The number of hydrogen-bond donors (Lipinski definition) is 3. The van der Waals surface area contributed by atoms with Crippen molar-refractivity contribution in [2.75, 3.05) is 6.61 Å². The molecule has 96 valence electrons. The van der Waals surface area contributed by atoms with Crippen molar-refractivity contribution in [2.24, 2.45) is 0 Å². The number of hydrogen-bond acceptors (Lipinski definition) is 7. The van der Waals surface area contributed by atoms with Gasteiger partial charge in [-0.2, -0.15) is 0 Å². The van der Waals surface area contributed by atoms with Crippen molar-refractivity contribution in [1.29, 1.82) is 0 Å². The molecule has 0 radical (unpaired) electrons. The van der Waals surface area contributed by atoms with Crippen LogP contribution >= 0.6 is 0 Å². The first-order chi connectivity index (χ1) is 8.72. The second-order valence-corrected chi connectivity index (χ2v) is 4.11. The molecule has 0 amide bonds. The summed E-state index contributed by atoms with van der Waals surface area (Å²) in [5, 5.41) is 28.6. The summed E-state index contributed by atoms with van der Waals surface area (Å²) >= 11 is 0. The topological polar surface area (TPSA) is 114 Å². The van der Waals surface area contributed by atoms with E-state index in [4.69, 9.17) is 9.84 Å². The lowest BCUT2D eigenvalue weighted by Gasteiger charge is -2.16. The summed E-state index contributed by atoms with van der Waals surface area (Å²) in [5.41, 5.74) is 1.06. The average Bonchev–Trinajstić information content (AvgIpc) is 2.93. The molecule has 0 saturated carbocycles. The predicted octanol–water partition coefficient (Wildman–Crippen LogP) is -1.56. The fourth-order valence-corrected chi connectivity index (χ4v) is 2.08. The van der Waals surface area contributed by atoms with Crippen LogP contribution < -0.4 is 0 Å². The third-order valence-electron chi connectivity index (χ3n) is 3.03. The van der Waals surface area contributed by atoms with Crippen LogP contribution in [0.5, 0.6) is 0 Å². The zero-order valence-corrected chi connectivity index (χ0v) is 9.29. The molecule has 1 aliphatic rings. The maximum absolute atomic E-state index is 9.91. The Morgan fingerprint density at radius 2 is 2.11 bits per heavy atom. The minimum absolute atomic E-state index is 0.365. The first-order valence-electron chi connectivity index (χ1n) is 5.47. The van der Waals surface area contributed by atoms with E-state index in [0.717, 1.165) is 0 Å². The number of aliphatic hydroxyl groups is 3. The molecule has 8 heteroatoms. The highest BCUT2D eigenvalue weighted by Gasteiger charge is 2.43. The van der Waals surface area contributed by atoms with Gasteiger partial charge < -0.3 is 20.1 Å². The SMILES string of the molecule is OC[C@@H]1O[C@H](n2cnc3cncnc32)C(O)[C@H]1O. The van der Waals surface area contributed by atoms with Gasteiger partial charge in [-0.25, -0.2) is 15.0 Å². The van der Waals surface area contributed by atoms with Crippen molar-refractivity contribution in [3.63, 3.8) is 0 Å². The van der Waals surface area contributed by atoms with Crippen LogP contribution in [0.1, 0.15) is 6.23 Å². The molecule has 0 aromatic carbocycles. The number of imidazole rings is 1. The first-order valence-corrected chi connectivity index (χ1v) is 5.47. The lowest BCUT2D eigenvalue weighted by molar-refractivity contribution is -0.0511. The van der Waals surface area contributed by atoms with E-state index in [1.807, 2.05) is 0 Å². The van der Waals surface area contributed by atoms with E-state index in [1.54, 1.807) is 6.20 Å². The minimum atomic E-state index is -1.14. The van der Waals surface area contributed by atoms with Crippen LogP contribution in [0.3, 0.4) is 0 Å². The predicted molar refractivity (Wildman–Crippen MR) is 58.3 cm³/mol. The summed E-state index contributed by atoms with van der Waals surface area (Å²) in [6.07, 6.45) is 0.442. The molecule has 3 heterocycles. The molecule has 3 rings (SSSR count). The summed E-state index contributed by atoms with van der Waals surface area (Å²) in [4.78, 5) is 12.0. The van der Waals surface area contributed by atoms with Crippen LogP contribution in [0.15, 0.2) is 18.9 Å². The van der Waals surface area contributed by atoms with Crippen molar-refractivity contribution in [3.8, 4) is 0 Å². The van der Waals surface area contributed by atoms with E-state index in [-0.39, 0.29) is 6.61 Å². The fraction of sp³-hybridized carbons (Fsp3) is 0.500. The van der Waals surface area contributed by atoms with Crippen molar-refractivity contribution in [2.45, 2.75) is 24.5 Å². The normalized spacial score (nSPS) is 32.2.